The Bertz CT molecular complexity index is 797. The van der Waals surface area contributed by atoms with Crippen LogP contribution in [-0.2, 0) is 10.2 Å². The molecule has 0 heterocycles. The fourth-order valence-corrected chi connectivity index (χ4v) is 2.99. The summed E-state index contributed by atoms with van der Waals surface area (Å²) in [4.78, 5) is 12.0. The van der Waals surface area contributed by atoms with Gasteiger partial charge in [-0.1, -0.05) is 39.0 Å². The van der Waals surface area contributed by atoms with Crippen LogP contribution in [0.5, 0.6) is 11.5 Å². The van der Waals surface area contributed by atoms with Crippen molar-refractivity contribution in [3.63, 3.8) is 0 Å². The van der Waals surface area contributed by atoms with Crippen molar-refractivity contribution in [2.24, 2.45) is 0 Å². The molecule has 5 heteroatoms. The van der Waals surface area contributed by atoms with Gasteiger partial charge < -0.3 is 14.8 Å². The first-order valence-corrected chi connectivity index (χ1v) is 9.85. The number of rotatable bonds is 7. The van der Waals surface area contributed by atoms with Gasteiger partial charge in [-0.3, -0.25) is 4.79 Å². The number of hydrogen-bond donors (Lipinski definition) is 1. The number of halogens is 1. The molecular formula is C22H28BrNO3. The Morgan fingerprint density at radius 3 is 2.44 bits per heavy atom. The summed E-state index contributed by atoms with van der Waals surface area (Å²) in [5, 5.41) is 2.81. The van der Waals surface area contributed by atoms with Crippen LogP contribution < -0.4 is 14.8 Å². The maximum absolute atomic E-state index is 12.0. The molecule has 1 amide bonds. The van der Waals surface area contributed by atoms with E-state index in [0.29, 0.717) is 18.9 Å². The average Bonchev–Trinajstić information content (AvgIpc) is 2.59. The average molecular weight is 434 g/mol. The van der Waals surface area contributed by atoms with Crippen LogP contribution in [0.25, 0.3) is 0 Å². The number of ether oxygens (including phenoxy) is 2. The Morgan fingerprint density at radius 1 is 1.04 bits per heavy atom. The number of carbonyl (C=O) groups excluding carboxylic acids is 1. The van der Waals surface area contributed by atoms with E-state index >= 15 is 0 Å². The van der Waals surface area contributed by atoms with Gasteiger partial charge in [-0.05, 0) is 70.1 Å². The van der Waals surface area contributed by atoms with E-state index < -0.39 is 0 Å². The molecule has 0 radical (unpaired) electrons. The normalized spacial score (nSPS) is 11.2. The molecule has 0 aromatic heterocycles. The second kappa shape index (κ2) is 9.27. The zero-order valence-corrected chi connectivity index (χ0v) is 18.3. The highest BCUT2D eigenvalue weighted by atomic mass is 79.9. The van der Waals surface area contributed by atoms with Crippen molar-refractivity contribution in [3.8, 4) is 11.5 Å². The van der Waals surface area contributed by atoms with E-state index in [-0.39, 0.29) is 17.9 Å². The van der Waals surface area contributed by atoms with Gasteiger partial charge >= 0.3 is 0 Å². The van der Waals surface area contributed by atoms with E-state index in [1.54, 1.807) is 0 Å². The second-order valence-electron chi connectivity index (χ2n) is 7.65. The minimum Gasteiger partial charge on any atom is -0.491 e. The number of amides is 1. The molecule has 146 valence electrons. The van der Waals surface area contributed by atoms with Crippen LogP contribution >= 0.6 is 15.9 Å². The molecule has 0 spiro atoms. The van der Waals surface area contributed by atoms with Gasteiger partial charge in [-0.2, -0.15) is 0 Å². The zero-order chi connectivity index (χ0) is 20.0. The third kappa shape index (κ3) is 6.58. The van der Waals surface area contributed by atoms with Crippen molar-refractivity contribution in [1.29, 1.82) is 0 Å². The summed E-state index contributed by atoms with van der Waals surface area (Å²) in [6.07, 6.45) is 0. The van der Waals surface area contributed by atoms with Gasteiger partial charge in [-0.15, -0.1) is 0 Å². The number of benzene rings is 2. The minimum atomic E-state index is -0.175. The third-order valence-electron chi connectivity index (χ3n) is 4.18. The van der Waals surface area contributed by atoms with E-state index in [4.69, 9.17) is 9.47 Å². The molecule has 2 rings (SSSR count). The summed E-state index contributed by atoms with van der Waals surface area (Å²) in [6, 6.07) is 12.0. The predicted molar refractivity (Wildman–Crippen MR) is 113 cm³/mol. The molecule has 0 bridgehead atoms. The molecule has 4 nitrogen and oxygen atoms in total. The van der Waals surface area contributed by atoms with E-state index in [1.165, 1.54) is 5.56 Å². The Hall–Kier alpha value is -2.01. The van der Waals surface area contributed by atoms with Crippen molar-refractivity contribution in [3.05, 3.63) is 57.6 Å². The van der Waals surface area contributed by atoms with E-state index in [1.807, 2.05) is 50.2 Å². The Morgan fingerprint density at radius 2 is 1.78 bits per heavy atom. The molecule has 0 atom stereocenters. The molecule has 0 unspecified atom stereocenters. The molecule has 0 aliphatic carbocycles. The lowest BCUT2D eigenvalue weighted by molar-refractivity contribution is -0.123. The van der Waals surface area contributed by atoms with Crippen LogP contribution in [0.2, 0.25) is 0 Å². The standard InChI is InChI=1S/C22H28BrNO3/c1-15-6-7-16(2)20(12-15)26-11-10-24-21(25)14-27-19-9-8-17(13-18(19)23)22(3,4)5/h6-9,12-13H,10-11,14H2,1-5H3,(H,24,25). The van der Waals surface area contributed by atoms with Gasteiger partial charge in [0.05, 0.1) is 11.0 Å². The molecule has 2 aromatic carbocycles. The highest BCUT2D eigenvalue weighted by Gasteiger charge is 2.15. The Balaban J connectivity index is 1.76. The predicted octanol–water partition coefficient (Wildman–Crippen LogP) is 4.94. The number of aryl methyl sites for hydroxylation is 2. The van der Waals surface area contributed by atoms with Crippen LogP contribution in [0.3, 0.4) is 0 Å². The molecular weight excluding hydrogens is 406 g/mol. The molecule has 1 N–H and O–H groups in total. The first-order chi connectivity index (χ1) is 12.7. The molecule has 2 aromatic rings. The largest absolute Gasteiger partial charge is 0.491 e. The van der Waals surface area contributed by atoms with Crippen molar-refractivity contribution < 1.29 is 14.3 Å². The lowest BCUT2D eigenvalue weighted by Crippen LogP contribution is -2.32. The zero-order valence-electron chi connectivity index (χ0n) is 16.7. The maximum Gasteiger partial charge on any atom is 0.258 e. The lowest BCUT2D eigenvalue weighted by Gasteiger charge is -2.20. The lowest BCUT2D eigenvalue weighted by atomic mass is 9.87. The molecule has 0 aliphatic heterocycles. The van der Waals surface area contributed by atoms with Crippen LogP contribution in [0.4, 0.5) is 0 Å². The van der Waals surface area contributed by atoms with Gasteiger partial charge in [0.1, 0.15) is 18.1 Å². The number of nitrogens with one attached hydrogen (secondary N) is 1. The third-order valence-corrected chi connectivity index (χ3v) is 4.80. The summed E-state index contributed by atoms with van der Waals surface area (Å²) < 4.78 is 12.2. The SMILES string of the molecule is Cc1ccc(C)c(OCCNC(=O)COc2ccc(C(C)(C)C)cc2Br)c1. The van der Waals surface area contributed by atoms with Gasteiger partial charge in [0, 0.05) is 0 Å². The minimum absolute atomic E-state index is 0.0308. The first kappa shape index (κ1) is 21.3. The van der Waals surface area contributed by atoms with Crippen LogP contribution in [-0.4, -0.2) is 25.7 Å². The molecule has 0 saturated heterocycles. The molecule has 0 fully saturated rings. The highest BCUT2D eigenvalue weighted by molar-refractivity contribution is 9.10. The summed E-state index contributed by atoms with van der Waals surface area (Å²) in [7, 11) is 0. The van der Waals surface area contributed by atoms with Gasteiger partial charge in [-0.25, -0.2) is 0 Å². The summed E-state index contributed by atoms with van der Waals surface area (Å²) in [5.41, 5.74) is 3.50. The van der Waals surface area contributed by atoms with Crippen molar-refractivity contribution in [2.75, 3.05) is 19.8 Å². The van der Waals surface area contributed by atoms with E-state index in [0.717, 1.165) is 21.3 Å². The topological polar surface area (TPSA) is 47.6 Å². The summed E-state index contributed by atoms with van der Waals surface area (Å²) in [5.74, 6) is 1.33. The van der Waals surface area contributed by atoms with Crippen molar-refractivity contribution in [1.82, 2.24) is 5.32 Å². The maximum atomic E-state index is 12.0. The number of hydrogen-bond acceptors (Lipinski definition) is 3. The molecule has 0 saturated carbocycles. The van der Waals surface area contributed by atoms with Gasteiger partial charge in [0.15, 0.2) is 6.61 Å². The quantitative estimate of drug-likeness (QED) is 0.629. The summed E-state index contributed by atoms with van der Waals surface area (Å²) in [6.45, 7) is 11.3. The van der Waals surface area contributed by atoms with Crippen LogP contribution in [0, 0.1) is 13.8 Å². The Kier molecular flexibility index (Phi) is 7.31. The molecule has 27 heavy (non-hydrogen) atoms. The number of carbonyl (C=O) groups is 1. The highest BCUT2D eigenvalue weighted by Crippen LogP contribution is 2.31. The Labute approximate surface area is 170 Å². The van der Waals surface area contributed by atoms with Crippen LogP contribution in [0.15, 0.2) is 40.9 Å². The van der Waals surface area contributed by atoms with Crippen molar-refractivity contribution in [2.45, 2.75) is 40.0 Å². The second-order valence-corrected chi connectivity index (χ2v) is 8.51. The van der Waals surface area contributed by atoms with E-state index in [9.17, 15) is 4.79 Å². The fraction of sp³-hybridized carbons (Fsp3) is 0.409. The molecule has 0 aliphatic rings. The smallest absolute Gasteiger partial charge is 0.258 e. The van der Waals surface area contributed by atoms with Gasteiger partial charge in [0.2, 0.25) is 0 Å². The van der Waals surface area contributed by atoms with Gasteiger partial charge in [0.25, 0.3) is 5.91 Å². The van der Waals surface area contributed by atoms with Crippen molar-refractivity contribution >= 4 is 21.8 Å². The first-order valence-electron chi connectivity index (χ1n) is 9.06. The fourth-order valence-electron chi connectivity index (χ4n) is 2.49. The monoisotopic (exact) mass is 433 g/mol. The summed E-state index contributed by atoms with van der Waals surface area (Å²) >= 11 is 3.52. The van der Waals surface area contributed by atoms with E-state index in [2.05, 4.69) is 42.0 Å². The van der Waals surface area contributed by atoms with Crippen LogP contribution in [0.1, 0.15) is 37.5 Å².